The number of aliphatic hydroxyl groups excluding tert-OH is 1. The van der Waals surface area contributed by atoms with Crippen molar-refractivity contribution in [2.45, 2.75) is 110 Å². The van der Waals surface area contributed by atoms with Crippen molar-refractivity contribution in [1.82, 2.24) is 0 Å². The molecule has 0 saturated carbocycles. The summed E-state index contributed by atoms with van der Waals surface area (Å²) in [6, 6.07) is 0. The lowest BCUT2D eigenvalue weighted by Gasteiger charge is -2.48. The van der Waals surface area contributed by atoms with Gasteiger partial charge in [-0.1, -0.05) is 0 Å². The summed E-state index contributed by atoms with van der Waals surface area (Å²) in [5, 5.41) is 10.4. The molecule has 19 heteroatoms. The van der Waals surface area contributed by atoms with Gasteiger partial charge in [0.1, 0.15) is 24.9 Å². The first kappa shape index (κ1) is 37.4. The molecule has 0 amide bonds. The third-order valence-corrected chi connectivity index (χ3v) is 6.14. The van der Waals surface area contributed by atoms with E-state index in [1.54, 1.807) is 0 Å². The molecule has 2 heterocycles. The van der Waals surface area contributed by atoms with Gasteiger partial charge in [0.25, 0.3) is 0 Å². The molecule has 0 aromatic carbocycles. The quantitative estimate of drug-likeness (QED) is 0.166. The van der Waals surface area contributed by atoms with Crippen molar-refractivity contribution in [3.8, 4) is 0 Å². The van der Waals surface area contributed by atoms with Gasteiger partial charge in [0.2, 0.25) is 17.4 Å². The summed E-state index contributed by atoms with van der Waals surface area (Å²) in [6.07, 6.45) is -17.2. The van der Waals surface area contributed by atoms with Crippen LogP contribution >= 0.6 is 12.2 Å². The van der Waals surface area contributed by atoms with Gasteiger partial charge in [0.05, 0.1) is 0 Å². The van der Waals surface area contributed by atoms with Gasteiger partial charge < -0.3 is 52.5 Å². The van der Waals surface area contributed by atoms with Crippen molar-refractivity contribution in [2.75, 3.05) is 6.61 Å². The van der Waals surface area contributed by atoms with Gasteiger partial charge in [-0.05, 0) is 12.2 Å². The van der Waals surface area contributed by atoms with Crippen LogP contribution < -0.4 is 0 Å². The topological polar surface area (TPSA) is 232 Å². The third-order valence-electron chi connectivity index (χ3n) is 5.82. The van der Waals surface area contributed by atoms with E-state index in [0.29, 0.717) is 0 Å². The molecule has 0 aliphatic carbocycles. The van der Waals surface area contributed by atoms with E-state index in [1.807, 2.05) is 0 Å². The second-order valence-electron chi connectivity index (χ2n) is 9.68. The van der Waals surface area contributed by atoms with E-state index in [4.69, 9.17) is 59.6 Å². The Morgan fingerprint density at radius 3 is 1.51 bits per heavy atom. The lowest BCUT2D eigenvalue weighted by atomic mass is 9.96. The fourth-order valence-electron chi connectivity index (χ4n) is 4.40. The number of aliphatic hydroxyl groups is 1. The van der Waals surface area contributed by atoms with Crippen LogP contribution in [0.15, 0.2) is 0 Å². The van der Waals surface area contributed by atoms with Crippen LogP contribution in [0.2, 0.25) is 0 Å². The summed E-state index contributed by atoms with van der Waals surface area (Å²) in [5.74, 6) is -6.34. The molecule has 45 heavy (non-hydrogen) atoms. The molecule has 1 N–H and O–H groups in total. The zero-order valence-electron chi connectivity index (χ0n) is 25.3. The van der Waals surface area contributed by atoms with Crippen molar-refractivity contribution in [3.63, 3.8) is 0 Å². The second-order valence-corrected chi connectivity index (χ2v) is 10.1. The molecule has 0 aromatic heterocycles. The van der Waals surface area contributed by atoms with Crippen LogP contribution in [0.1, 0.15) is 48.5 Å². The van der Waals surface area contributed by atoms with Crippen LogP contribution in [-0.4, -0.2) is 120 Å². The van der Waals surface area contributed by atoms with Crippen molar-refractivity contribution >= 4 is 59.1 Å². The normalized spacial score (nSPS) is 30.9. The highest BCUT2D eigenvalue weighted by Crippen LogP contribution is 2.35. The molecule has 2 fully saturated rings. The maximum atomic E-state index is 12.2. The van der Waals surface area contributed by atoms with Crippen LogP contribution in [0.5, 0.6) is 0 Å². The minimum atomic E-state index is -1.89. The number of rotatable bonds is 10. The van der Waals surface area contributed by atoms with E-state index < -0.39 is 115 Å². The van der Waals surface area contributed by atoms with E-state index >= 15 is 0 Å². The van der Waals surface area contributed by atoms with Gasteiger partial charge in [-0.3, -0.25) is 33.6 Å². The maximum absolute atomic E-state index is 12.2. The number of hydrogen-bond acceptors (Lipinski definition) is 19. The van der Waals surface area contributed by atoms with Crippen molar-refractivity contribution in [2.24, 2.45) is 0 Å². The summed E-state index contributed by atoms with van der Waals surface area (Å²) in [5.41, 5.74) is 0. The Hall–Kier alpha value is -3.78. The standard InChI is InChI=1S/C26H34O18S/c1-9(27)35-8-16-18(21(37-11(3)29)23(39-13(5)31)24(42-16)40-14(6)32)43-25-22(38-12(4)30)19(36-10(2)28)17(34)20(44-25)26(45)41-15(7)33/h16-25,34H,8H2,1-7H3/t16-,17-,18-,19+,20+,21+,22-,23-,24+,25-/m1/s1. The first-order valence-electron chi connectivity index (χ1n) is 13.3. The summed E-state index contributed by atoms with van der Waals surface area (Å²) >= 11 is 5.08. The molecular formula is C26H34O18S. The maximum Gasteiger partial charge on any atom is 0.308 e. The molecule has 2 aliphatic heterocycles. The average Bonchev–Trinajstić information content (AvgIpc) is 2.87. The average molecular weight is 667 g/mol. The highest BCUT2D eigenvalue weighted by atomic mass is 32.1. The molecule has 2 rings (SSSR count). The van der Waals surface area contributed by atoms with Crippen LogP contribution in [0.25, 0.3) is 0 Å². The molecular weight excluding hydrogens is 632 g/mol. The molecule has 0 spiro atoms. The van der Waals surface area contributed by atoms with Gasteiger partial charge in [-0.2, -0.15) is 0 Å². The molecule has 0 aromatic rings. The van der Waals surface area contributed by atoms with Crippen molar-refractivity contribution in [3.05, 3.63) is 0 Å². The lowest BCUT2D eigenvalue weighted by Crippen LogP contribution is -2.67. The summed E-state index contributed by atoms with van der Waals surface area (Å²) < 4.78 is 53.9. The van der Waals surface area contributed by atoms with Crippen molar-refractivity contribution in [1.29, 1.82) is 0 Å². The fourth-order valence-corrected chi connectivity index (χ4v) is 4.72. The largest absolute Gasteiger partial charge is 0.463 e. The Kier molecular flexibility index (Phi) is 13.7. The minimum absolute atomic E-state index is 0.623. The SMILES string of the molecule is CC(=O)OC[C@H]1O[C@H](OC(C)=O)[C@H](OC(C)=O)[C@@H](OC(C)=O)[C@@H]1O[C@@H]1O[C@H](C(=S)OC(C)=O)[C@H](O)[C@H](OC(C)=O)[C@H]1OC(C)=O. The van der Waals surface area contributed by atoms with Crippen molar-refractivity contribution < 1.29 is 86.0 Å². The van der Waals surface area contributed by atoms with Gasteiger partial charge in [0, 0.05) is 48.5 Å². The fraction of sp³-hybridized carbons (Fsp3) is 0.692. The second kappa shape index (κ2) is 16.5. The highest BCUT2D eigenvalue weighted by Gasteiger charge is 2.57. The third kappa shape index (κ3) is 11.0. The number of ether oxygens (including phenoxy) is 10. The Morgan fingerprint density at radius 2 is 1.04 bits per heavy atom. The molecule has 18 nitrogen and oxygen atoms in total. The summed E-state index contributed by atoms with van der Waals surface area (Å²) in [6.45, 7) is 6.45. The van der Waals surface area contributed by atoms with Gasteiger partial charge in [0.15, 0.2) is 30.7 Å². The highest BCUT2D eigenvalue weighted by molar-refractivity contribution is 7.80. The van der Waals surface area contributed by atoms with Gasteiger partial charge in [-0.25, -0.2) is 0 Å². The lowest BCUT2D eigenvalue weighted by molar-refractivity contribution is -0.351. The van der Waals surface area contributed by atoms with E-state index in [9.17, 15) is 38.7 Å². The first-order valence-corrected chi connectivity index (χ1v) is 13.7. The Bertz CT molecular complexity index is 1170. The van der Waals surface area contributed by atoms with E-state index in [0.717, 1.165) is 48.5 Å². The van der Waals surface area contributed by atoms with Crippen LogP contribution in [0.4, 0.5) is 0 Å². The molecule has 0 unspecified atom stereocenters. The predicted octanol–water partition coefficient (Wildman–Crippen LogP) is -1.07. The monoisotopic (exact) mass is 666 g/mol. The molecule has 2 saturated heterocycles. The zero-order chi connectivity index (χ0) is 34.2. The molecule has 0 bridgehead atoms. The summed E-state index contributed by atoms with van der Waals surface area (Å²) in [4.78, 5) is 83.6. The number of hydrogen-bond donors (Lipinski definition) is 1. The number of thiocarbonyl (C=S) groups is 1. The predicted molar refractivity (Wildman–Crippen MR) is 143 cm³/mol. The van der Waals surface area contributed by atoms with Crippen LogP contribution in [0, 0.1) is 0 Å². The Balaban J connectivity index is 2.70. The Morgan fingerprint density at radius 1 is 0.578 bits per heavy atom. The molecule has 2 aliphatic rings. The van der Waals surface area contributed by atoms with E-state index in [2.05, 4.69) is 0 Å². The number of carbonyl (C=O) groups excluding carboxylic acids is 7. The number of carbonyl (C=O) groups is 7. The minimum Gasteiger partial charge on any atom is -0.463 e. The zero-order valence-corrected chi connectivity index (χ0v) is 26.1. The number of esters is 7. The van der Waals surface area contributed by atoms with E-state index in [1.165, 1.54) is 0 Å². The molecule has 0 radical (unpaired) electrons. The van der Waals surface area contributed by atoms with Gasteiger partial charge >= 0.3 is 41.8 Å². The first-order chi connectivity index (χ1) is 20.9. The van der Waals surface area contributed by atoms with Gasteiger partial charge in [-0.15, -0.1) is 0 Å². The molecule has 252 valence electrons. The molecule has 10 atom stereocenters. The van der Waals surface area contributed by atoms with Crippen LogP contribution in [-0.2, 0) is 80.9 Å². The summed E-state index contributed by atoms with van der Waals surface area (Å²) in [7, 11) is 0. The van der Waals surface area contributed by atoms with E-state index in [-0.39, 0.29) is 0 Å². The smallest absolute Gasteiger partial charge is 0.308 e. The Labute approximate surface area is 261 Å². The van der Waals surface area contributed by atoms with Crippen LogP contribution in [0.3, 0.4) is 0 Å².